The fraction of sp³-hybridized carbons (Fsp3) is 0.0952. The second kappa shape index (κ2) is 9.52. The predicted molar refractivity (Wildman–Crippen MR) is 110 cm³/mol. The highest BCUT2D eigenvalue weighted by atomic mass is 32.2. The second-order valence-corrected chi connectivity index (χ2v) is 7.17. The zero-order chi connectivity index (χ0) is 22.5. The van der Waals surface area contributed by atoms with Gasteiger partial charge in [-0.25, -0.2) is 13.2 Å². The van der Waals surface area contributed by atoms with Gasteiger partial charge in [0.25, 0.3) is 11.1 Å². The van der Waals surface area contributed by atoms with Gasteiger partial charge >= 0.3 is 0 Å². The first kappa shape index (κ1) is 22.2. The van der Waals surface area contributed by atoms with Crippen molar-refractivity contribution in [1.29, 1.82) is 0 Å². The van der Waals surface area contributed by atoms with Gasteiger partial charge in [0.2, 0.25) is 5.91 Å². The molecule has 1 saturated heterocycles. The highest BCUT2D eigenvalue weighted by molar-refractivity contribution is 8.18. The molecule has 1 aliphatic rings. The van der Waals surface area contributed by atoms with Gasteiger partial charge in [-0.2, -0.15) is 0 Å². The number of hydrogen-bond acceptors (Lipinski definition) is 5. The summed E-state index contributed by atoms with van der Waals surface area (Å²) < 4.78 is 45.5. The van der Waals surface area contributed by atoms with Crippen LogP contribution >= 0.6 is 11.8 Å². The second-order valence-electron chi connectivity index (χ2n) is 6.18. The Bertz CT molecular complexity index is 1100. The van der Waals surface area contributed by atoms with Gasteiger partial charge in [0.05, 0.1) is 10.6 Å². The summed E-state index contributed by atoms with van der Waals surface area (Å²) in [5.74, 6) is -5.95. The summed E-state index contributed by atoms with van der Waals surface area (Å²) >= 11 is 0.624. The molecule has 160 valence electrons. The van der Waals surface area contributed by atoms with Crippen LogP contribution in [0.4, 0.5) is 23.7 Å². The number of rotatable bonds is 7. The van der Waals surface area contributed by atoms with Crippen molar-refractivity contribution in [2.24, 2.45) is 0 Å². The number of nitrogens with one attached hydrogen (secondary N) is 1. The Morgan fingerprint density at radius 2 is 1.87 bits per heavy atom. The minimum atomic E-state index is -1.75. The summed E-state index contributed by atoms with van der Waals surface area (Å²) in [4.78, 5) is 37.7. The number of imide groups is 1. The van der Waals surface area contributed by atoms with Crippen molar-refractivity contribution in [1.82, 2.24) is 4.90 Å². The first-order chi connectivity index (χ1) is 14.8. The quantitative estimate of drug-likeness (QED) is 0.387. The molecule has 31 heavy (non-hydrogen) atoms. The molecule has 3 rings (SSSR count). The van der Waals surface area contributed by atoms with Crippen LogP contribution in [-0.2, 0) is 9.59 Å². The molecular formula is C21H15F3N2O4S. The Balaban J connectivity index is 1.74. The van der Waals surface area contributed by atoms with Gasteiger partial charge in [0.15, 0.2) is 17.5 Å². The average Bonchev–Trinajstić information content (AvgIpc) is 3.01. The Morgan fingerprint density at radius 3 is 2.61 bits per heavy atom. The summed E-state index contributed by atoms with van der Waals surface area (Å²) in [6.45, 7) is 3.08. The van der Waals surface area contributed by atoms with Crippen LogP contribution < -0.4 is 10.1 Å². The topological polar surface area (TPSA) is 75.7 Å². The Morgan fingerprint density at radius 1 is 1.13 bits per heavy atom. The van der Waals surface area contributed by atoms with E-state index in [-0.39, 0.29) is 11.5 Å². The SMILES string of the molecule is C=CCOc1ccccc1/C=C1\SC(=O)N(CC(=O)Nc2ccc(F)c(F)c2F)C1=O. The first-order valence-electron chi connectivity index (χ1n) is 8.83. The van der Waals surface area contributed by atoms with Crippen LogP contribution in [0.2, 0.25) is 0 Å². The van der Waals surface area contributed by atoms with Crippen molar-refractivity contribution < 1.29 is 32.3 Å². The van der Waals surface area contributed by atoms with Gasteiger partial charge in [-0.1, -0.05) is 30.9 Å². The van der Waals surface area contributed by atoms with Gasteiger partial charge in [-0.05, 0) is 36.0 Å². The van der Waals surface area contributed by atoms with Crippen molar-refractivity contribution in [3.63, 3.8) is 0 Å². The molecule has 6 nitrogen and oxygen atoms in total. The number of para-hydroxylation sites is 1. The number of ether oxygens (including phenoxy) is 1. The van der Waals surface area contributed by atoms with E-state index in [2.05, 4.69) is 6.58 Å². The lowest BCUT2D eigenvalue weighted by molar-refractivity contribution is -0.127. The molecule has 0 spiro atoms. The van der Waals surface area contributed by atoms with Crippen molar-refractivity contribution >= 4 is 40.6 Å². The number of benzene rings is 2. The highest BCUT2D eigenvalue weighted by Gasteiger charge is 2.36. The molecule has 10 heteroatoms. The number of anilines is 1. The molecule has 0 saturated carbocycles. The molecule has 0 unspecified atom stereocenters. The minimum Gasteiger partial charge on any atom is -0.489 e. The lowest BCUT2D eigenvalue weighted by Gasteiger charge is -2.13. The molecule has 0 atom stereocenters. The fourth-order valence-electron chi connectivity index (χ4n) is 2.61. The van der Waals surface area contributed by atoms with E-state index in [0.29, 0.717) is 34.0 Å². The van der Waals surface area contributed by atoms with Crippen LogP contribution in [0, 0.1) is 17.5 Å². The van der Waals surface area contributed by atoms with Crippen molar-refractivity contribution in [3.05, 3.63) is 77.0 Å². The smallest absolute Gasteiger partial charge is 0.294 e. The summed E-state index contributed by atoms with van der Waals surface area (Å²) in [6, 6.07) is 8.31. The third-order valence-corrected chi connectivity index (χ3v) is 4.95. The standard InChI is InChI=1S/C21H15F3N2O4S/c1-2-9-30-15-6-4-3-5-12(15)10-16-20(28)26(21(29)31-16)11-17(27)25-14-8-7-13(22)18(23)19(14)24/h2-8,10H,1,9,11H2,(H,25,27)/b16-10-. The Hall–Kier alpha value is -3.53. The molecule has 0 radical (unpaired) electrons. The van der Waals surface area contributed by atoms with Crippen molar-refractivity contribution in [3.8, 4) is 5.75 Å². The van der Waals surface area contributed by atoms with Crippen LogP contribution in [0.5, 0.6) is 5.75 Å². The molecular weight excluding hydrogens is 433 g/mol. The number of carbonyl (C=O) groups excluding carboxylic acids is 3. The summed E-state index contributed by atoms with van der Waals surface area (Å²) in [5.41, 5.74) is -0.0668. The van der Waals surface area contributed by atoms with E-state index in [4.69, 9.17) is 4.74 Å². The van der Waals surface area contributed by atoms with E-state index in [0.717, 1.165) is 6.07 Å². The van der Waals surface area contributed by atoms with Crippen LogP contribution in [-0.4, -0.2) is 35.1 Å². The van der Waals surface area contributed by atoms with Gasteiger partial charge < -0.3 is 10.1 Å². The lowest BCUT2D eigenvalue weighted by Crippen LogP contribution is -2.36. The Kier molecular flexibility index (Phi) is 6.81. The maximum absolute atomic E-state index is 13.7. The molecule has 1 heterocycles. The number of carbonyl (C=O) groups is 3. The highest BCUT2D eigenvalue weighted by Crippen LogP contribution is 2.34. The minimum absolute atomic E-state index is 0.0615. The summed E-state index contributed by atoms with van der Waals surface area (Å²) in [6.07, 6.45) is 3.01. The van der Waals surface area contributed by atoms with Crippen LogP contribution in [0.1, 0.15) is 5.56 Å². The van der Waals surface area contributed by atoms with E-state index >= 15 is 0 Å². The summed E-state index contributed by atoms with van der Waals surface area (Å²) in [7, 11) is 0. The number of amides is 3. The molecule has 1 aliphatic heterocycles. The number of thioether (sulfide) groups is 1. The first-order valence-corrected chi connectivity index (χ1v) is 9.65. The molecule has 2 aromatic carbocycles. The third-order valence-electron chi connectivity index (χ3n) is 4.05. The molecule has 0 aromatic heterocycles. The largest absolute Gasteiger partial charge is 0.489 e. The monoisotopic (exact) mass is 448 g/mol. The normalized spacial score (nSPS) is 14.8. The maximum Gasteiger partial charge on any atom is 0.294 e. The van der Waals surface area contributed by atoms with E-state index in [1.807, 2.05) is 5.32 Å². The van der Waals surface area contributed by atoms with Gasteiger partial charge in [0, 0.05) is 5.56 Å². The fourth-order valence-corrected chi connectivity index (χ4v) is 3.44. The molecule has 2 aromatic rings. The van der Waals surface area contributed by atoms with Crippen LogP contribution in [0.15, 0.2) is 54.0 Å². The zero-order valence-corrected chi connectivity index (χ0v) is 16.7. The predicted octanol–water partition coefficient (Wildman–Crippen LogP) is 4.34. The number of nitrogens with zero attached hydrogens (tertiary/aromatic N) is 1. The maximum atomic E-state index is 13.7. The van der Waals surface area contributed by atoms with Crippen molar-refractivity contribution in [2.75, 3.05) is 18.5 Å². The van der Waals surface area contributed by atoms with E-state index in [9.17, 15) is 27.6 Å². The van der Waals surface area contributed by atoms with E-state index in [1.54, 1.807) is 30.3 Å². The average molecular weight is 448 g/mol. The zero-order valence-electron chi connectivity index (χ0n) is 15.9. The summed E-state index contributed by atoms with van der Waals surface area (Å²) in [5, 5.41) is 1.31. The third kappa shape index (κ3) is 4.97. The van der Waals surface area contributed by atoms with Gasteiger partial charge in [-0.3, -0.25) is 19.3 Å². The molecule has 1 fully saturated rings. The molecule has 3 amide bonds. The van der Waals surface area contributed by atoms with Gasteiger partial charge in [-0.15, -0.1) is 0 Å². The number of hydrogen-bond donors (Lipinski definition) is 1. The lowest BCUT2D eigenvalue weighted by atomic mass is 10.2. The van der Waals surface area contributed by atoms with Gasteiger partial charge in [0.1, 0.15) is 18.9 Å². The number of halogens is 3. The Labute approximate surface area is 179 Å². The van der Waals surface area contributed by atoms with Crippen LogP contribution in [0.3, 0.4) is 0 Å². The van der Waals surface area contributed by atoms with E-state index in [1.165, 1.54) is 6.08 Å². The van der Waals surface area contributed by atoms with Crippen LogP contribution in [0.25, 0.3) is 6.08 Å². The molecule has 0 aliphatic carbocycles. The van der Waals surface area contributed by atoms with E-state index < -0.39 is 46.7 Å². The van der Waals surface area contributed by atoms with Crippen molar-refractivity contribution in [2.45, 2.75) is 0 Å². The molecule has 0 bridgehead atoms. The molecule has 1 N–H and O–H groups in total.